The Morgan fingerprint density at radius 2 is 2.14 bits per heavy atom. The summed E-state index contributed by atoms with van der Waals surface area (Å²) in [6.45, 7) is 5.04. The molecule has 1 heterocycles. The van der Waals surface area contributed by atoms with E-state index in [9.17, 15) is 9.59 Å². The fourth-order valence-electron chi connectivity index (χ4n) is 2.89. The smallest absolute Gasteiger partial charge is 0.247 e. The molecule has 1 aliphatic rings. The molecule has 0 bridgehead atoms. The highest BCUT2D eigenvalue weighted by Gasteiger charge is 2.38. The lowest BCUT2D eigenvalue weighted by Gasteiger charge is -2.39. The van der Waals surface area contributed by atoms with Crippen LogP contribution in [0.25, 0.3) is 0 Å². The average Bonchev–Trinajstić information content (AvgIpc) is 2.49. The van der Waals surface area contributed by atoms with Crippen molar-refractivity contribution in [2.45, 2.75) is 38.8 Å². The summed E-state index contributed by atoms with van der Waals surface area (Å²) in [7, 11) is 1.64. The van der Waals surface area contributed by atoms with E-state index in [4.69, 9.17) is 4.74 Å². The van der Waals surface area contributed by atoms with Crippen molar-refractivity contribution in [2.75, 3.05) is 20.3 Å². The van der Waals surface area contributed by atoms with Gasteiger partial charge in [0.25, 0.3) is 0 Å². The SMILES string of the molecule is COCCCNC(=O)C1c2ccccc2CC(=O)N1C(C)C. The van der Waals surface area contributed by atoms with Gasteiger partial charge in [0.05, 0.1) is 6.42 Å². The Kier molecular flexibility index (Phi) is 5.55. The molecule has 0 aliphatic carbocycles. The molecule has 0 spiro atoms. The number of rotatable bonds is 6. The van der Waals surface area contributed by atoms with Gasteiger partial charge in [0, 0.05) is 26.3 Å². The van der Waals surface area contributed by atoms with Crippen molar-refractivity contribution in [2.24, 2.45) is 0 Å². The van der Waals surface area contributed by atoms with Gasteiger partial charge in [0.2, 0.25) is 11.8 Å². The number of carbonyl (C=O) groups excluding carboxylic acids is 2. The lowest BCUT2D eigenvalue weighted by atomic mass is 9.90. The molecule has 2 amide bonds. The van der Waals surface area contributed by atoms with Crippen LogP contribution in [0.5, 0.6) is 0 Å². The van der Waals surface area contributed by atoms with E-state index >= 15 is 0 Å². The lowest BCUT2D eigenvalue weighted by molar-refractivity contribution is -0.143. The van der Waals surface area contributed by atoms with Crippen LogP contribution in [0.3, 0.4) is 0 Å². The van der Waals surface area contributed by atoms with Crippen LogP contribution in [-0.4, -0.2) is 43.0 Å². The van der Waals surface area contributed by atoms with Crippen molar-refractivity contribution < 1.29 is 14.3 Å². The maximum atomic E-state index is 12.6. The van der Waals surface area contributed by atoms with Crippen molar-refractivity contribution in [3.8, 4) is 0 Å². The number of nitrogens with zero attached hydrogens (tertiary/aromatic N) is 1. The summed E-state index contributed by atoms with van der Waals surface area (Å²) in [5.74, 6) is -0.115. The van der Waals surface area contributed by atoms with E-state index in [1.54, 1.807) is 12.0 Å². The molecule has 1 N–H and O–H groups in total. The highest BCUT2D eigenvalue weighted by molar-refractivity contribution is 5.92. The molecule has 0 fully saturated rings. The number of amides is 2. The topological polar surface area (TPSA) is 58.6 Å². The van der Waals surface area contributed by atoms with Gasteiger partial charge >= 0.3 is 0 Å². The molecule has 0 saturated carbocycles. The maximum Gasteiger partial charge on any atom is 0.247 e. The van der Waals surface area contributed by atoms with Crippen LogP contribution in [0, 0.1) is 0 Å². The van der Waals surface area contributed by atoms with Crippen molar-refractivity contribution in [1.82, 2.24) is 10.2 Å². The molecule has 0 saturated heterocycles. The van der Waals surface area contributed by atoms with Gasteiger partial charge in [-0.05, 0) is 31.4 Å². The Labute approximate surface area is 131 Å². The first-order valence-corrected chi connectivity index (χ1v) is 7.72. The number of ether oxygens (including phenoxy) is 1. The first-order valence-electron chi connectivity index (χ1n) is 7.72. The van der Waals surface area contributed by atoms with Crippen molar-refractivity contribution in [3.05, 3.63) is 35.4 Å². The first-order chi connectivity index (χ1) is 10.6. The Balaban J connectivity index is 2.23. The van der Waals surface area contributed by atoms with Crippen LogP contribution in [0.4, 0.5) is 0 Å². The van der Waals surface area contributed by atoms with E-state index in [2.05, 4.69) is 5.32 Å². The summed E-state index contributed by atoms with van der Waals surface area (Å²) >= 11 is 0. The highest BCUT2D eigenvalue weighted by atomic mass is 16.5. The average molecular weight is 304 g/mol. The van der Waals surface area contributed by atoms with Gasteiger partial charge in [-0.25, -0.2) is 0 Å². The Hall–Kier alpha value is -1.88. The fourth-order valence-corrected chi connectivity index (χ4v) is 2.89. The second-order valence-electron chi connectivity index (χ2n) is 5.81. The molecule has 5 nitrogen and oxygen atoms in total. The number of hydrogen-bond acceptors (Lipinski definition) is 3. The molecule has 0 radical (unpaired) electrons. The number of carbonyl (C=O) groups is 2. The van der Waals surface area contributed by atoms with Crippen LogP contribution in [0.2, 0.25) is 0 Å². The predicted molar refractivity (Wildman–Crippen MR) is 84.4 cm³/mol. The third kappa shape index (κ3) is 3.47. The van der Waals surface area contributed by atoms with E-state index in [0.717, 1.165) is 17.5 Å². The minimum Gasteiger partial charge on any atom is -0.385 e. The monoisotopic (exact) mass is 304 g/mol. The van der Waals surface area contributed by atoms with Crippen LogP contribution in [0.15, 0.2) is 24.3 Å². The summed E-state index contributed by atoms with van der Waals surface area (Å²) in [5, 5.41) is 2.92. The molecule has 1 unspecified atom stereocenters. The largest absolute Gasteiger partial charge is 0.385 e. The molecule has 1 aromatic carbocycles. The zero-order valence-corrected chi connectivity index (χ0v) is 13.5. The Bertz CT molecular complexity index is 542. The summed E-state index contributed by atoms with van der Waals surface area (Å²) < 4.78 is 4.99. The minimum atomic E-state index is -0.542. The van der Waals surface area contributed by atoms with E-state index in [-0.39, 0.29) is 17.9 Å². The number of fused-ring (bicyclic) bond motifs is 1. The molecular formula is C17H24N2O3. The Morgan fingerprint density at radius 1 is 1.41 bits per heavy atom. The molecule has 0 aromatic heterocycles. The summed E-state index contributed by atoms with van der Waals surface area (Å²) in [6.07, 6.45) is 1.12. The zero-order chi connectivity index (χ0) is 16.1. The van der Waals surface area contributed by atoms with Gasteiger partial charge < -0.3 is 15.0 Å². The number of nitrogens with one attached hydrogen (secondary N) is 1. The number of hydrogen-bond donors (Lipinski definition) is 1. The van der Waals surface area contributed by atoms with Gasteiger partial charge in [0.1, 0.15) is 6.04 Å². The van der Waals surface area contributed by atoms with Crippen LogP contribution >= 0.6 is 0 Å². The number of benzene rings is 1. The third-order valence-corrected chi connectivity index (χ3v) is 3.89. The normalized spacial score (nSPS) is 17.5. The van der Waals surface area contributed by atoms with E-state index < -0.39 is 6.04 Å². The molecule has 1 aliphatic heterocycles. The Morgan fingerprint density at radius 3 is 2.82 bits per heavy atom. The summed E-state index contributed by atoms with van der Waals surface area (Å²) in [4.78, 5) is 26.7. The lowest BCUT2D eigenvalue weighted by Crippen LogP contribution is -2.50. The van der Waals surface area contributed by atoms with Crippen molar-refractivity contribution in [1.29, 1.82) is 0 Å². The summed E-state index contributed by atoms with van der Waals surface area (Å²) in [6, 6.07) is 7.13. The molecule has 22 heavy (non-hydrogen) atoms. The first kappa shape index (κ1) is 16.5. The molecule has 5 heteroatoms. The number of methoxy groups -OCH3 is 1. The second kappa shape index (κ2) is 7.40. The third-order valence-electron chi connectivity index (χ3n) is 3.89. The quantitative estimate of drug-likeness (QED) is 0.813. The zero-order valence-electron chi connectivity index (χ0n) is 13.5. The predicted octanol–water partition coefficient (Wildman–Crippen LogP) is 1.67. The van der Waals surface area contributed by atoms with Gasteiger partial charge in [0.15, 0.2) is 0 Å². The minimum absolute atomic E-state index is 0.00532. The summed E-state index contributed by atoms with van der Waals surface area (Å²) in [5.41, 5.74) is 1.88. The van der Waals surface area contributed by atoms with Crippen LogP contribution in [0.1, 0.15) is 37.4 Å². The molecule has 2 rings (SSSR count). The molecular weight excluding hydrogens is 280 g/mol. The van der Waals surface area contributed by atoms with E-state index in [1.165, 1.54) is 0 Å². The second-order valence-corrected chi connectivity index (χ2v) is 5.81. The van der Waals surface area contributed by atoms with Gasteiger partial charge in [-0.3, -0.25) is 9.59 Å². The maximum absolute atomic E-state index is 12.6. The van der Waals surface area contributed by atoms with Crippen molar-refractivity contribution in [3.63, 3.8) is 0 Å². The van der Waals surface area contributed by atoms with Gasteiger partial charge in [-0.1, -0.05) is 24.3 Å². The van der Waals surface area contributed by atoms with E-state index in [0.29, 0.717) is 19.6 Å². The van der Waals surface area contributed by atoms with Crippen molar-refractivity contribution >= 4 is 11.8 Å². The van der Waals surface area contributed by atoms with Crippen LogP contribution in [-0.2, 0) is 20.7 Å². The van der Waals surface area contributed by atoms with E-state index in [1.807, 2.05) is 38.1 Å². The van der Waals surface area contributed by atoms with Gasteiger partial charge in [-0.2, -0.15) is 0 Å². The molecule has 1 atom stereocenters. The molecule has 120 valence electrons. The van der Waals surface area contributed by atoms with Crippen LogP contribution < -0.4 is 5.32 Å². The fraction of sp³-hybridized carbons (Fsp3) is 0.529. The standard InChI is InChI=1S/C17H24N2O3/c1-12(2)19-15(20)11-13-7-4-5-8-14(13)16(19)17(21)18-9-6-10-22-3/h4-5,7-8,12,16H,6,9-11H2,1-3H3,(H,18,21). The van der Waals surface area contributed by atoms with Gasteiger partial charge in [-0.15, -0.1) is 0 Å². The molecule has 1 aromatic rings. The highest BCUT2D eigenvalue weighted by Crippen LogP contribution is 2.32.